The molecule has 0 unspecified atom stereocenters. The maximum Gasteiger partial charge on any atom is 0.226 e. The van der Waals surface area contributed by atoms with Crippen molar-refractivity contribution in [2.24, 2.45) is 5.41 Å². The molecule has 2 nitrogen and oxygen atoms in total. The predicted molar refractivity (Wildman–Crippen MR) is 64.7 cm³/mol. The summed E-state index contributed by atoms with van der Waals surface area (Å²) in [6.07, 6.45) is 2.48. The van der Waals surface area contributed by atoms with Gasteiger partial charge in [-0.3, -0.25) is 4.79 Å². The molecule has 0 saturated heterocycles. The van der Waals surface area contributed by atoms with E-state index in [2.05, 4.69) is 12.2 Å². The lowest BCUT2D eigenvalue weighted by Gasteiger charge is -2.22. The summed E-state index contributed by atoms with van der Waals surface area (Å²) in [4.78, 5) is 11.6. The summed E-state index contributed by atoms with van der Waals surface area (Å²) in [6, 6.07) is 0. The smallest absolute Gasteiger partial charge is 0.226 e. The van der Waals surface area contributed by atoms with Gasteiger partial charge in [-0.25, -0.2) is 0 Å². The van der Waals surface area contributed by atoms with E-state index in [9.17, 15) is 4.79 Å². The van der Waals surface area contributed by atoms with E-state index in [1.807, 2.05) is 32.5 Å². The second kappa shape index (κ2) is 7.16. The van der Waals surface area contributed by atoms with Gasteiger partial charge < -0.3 is 5.32 Å². The molecule has 0 aliphatic heterocycles. The van der Waals surface area contributed by atoms with Gasteiger partial charge in [-0.2, -0.15) is 11.8 Å². The number of carbonyl (C=O) groups excluding carboxylic acids is 1. The lowest BCUT2D eigenvalue weighted by Crippen LogP contribution is -2.38. The Bertz CT molecular complexity index is 169. The molecule has 0 aliphatic carbocycles. The first-order valence-electron chi connectivity index (χ1n) is 5.40. The molecule has 0 aromatic heterocycles. The van der Waals surface area contributed by atoms with Crippen molar-refractivity contribution in [3.05, 3.63) is 0 Å². The minimum atomic E-state index is -0.228. The molecule has 0 aromatic carbocycles. The van der Waals surface area contributed by atoms with Crippen molar-refractivity contribution in [2.75, 3.05) is 18.1 Å². The maximum atomic E-state index is 11.6. The Morgan fingerprint density at radius 3 is 2.50 bits per heavy atom. The molecule has 3 heteroatoms. The van der Waals surface area contributed by atoms with Gasteiger partial charge in [0.1, 0.15) is 0 Å². The summed E-state index contributed by atoms with van der Waals surface area (Å²) >= 11 is 1.88. The molecular weight excluding hydrogens is 194 g/mol. The van der Waals surface area contributed by atoms with Gasteiger partial charge in [-0.1, -0.05) is 27.2 Å². The minimum Gasteiger partial charge on any atom is -0.356 e. The van der Waals surface area contributed by atoms with Crippen LogP contribution in [0, 0.1) is 5.41 Å². The zero-order valence-corrected chi connectivity index (χ0v) is 10.7. The van der Waals surface area contributed by atoms with Crippen LogP contribution in [0.1, 0.15) is 40.5 Å². The van der Waals surface area contributed by atoms with Crippen molar-refractivity contribution in [1.82, 2.24) is 5.32 Å². The number of carbonyl (C=O) groups is 1. The number of rotatable bonds is 7. The van der Waals surface area contributed by atoms with Crippen molar-refractivity contribution >= 4 is 17.7 Å². The van der Waals surface area contributed by atoms with Gasteiger partial charge in [0, 0.05) is 12.3 Å². The summed E-state index contributed by atoms with van der Waals surface area (Å²) in [5.74, 6) is 2.25. The SMILES string of the molecule is CCCCSCC(C)(C)C(=O)NCC. The molecule has 1 amide bonds. The van der Waals surface area contributed by atoms with Crippen LogP contribution in [0.2, 0.25) is 0 Å². The van der Waals surface area contributed by atoms with E-state index in [0.29, 0.717) is 0 Å². The summed E-state index contributed by atoms with van der Waals surface area (Å²) < 4.78 is 0. The molecule has 0 aromatic rings. The Morgan fingerprint density at radius 1 is 1.36 bits per heavy atom. The molecule has 0 heterocycles. The molecular formula is C11H23NOS. The Hall–Kier alpha value is -0.180. The van der Waals surface area contributed by atoms with E-state index < -0.39 is 0 Å². The predicted octanol–water partition coefficient (Wildman–Crippen LogP) is 2.68. The molecule has 1 N–H and O–H groups in total. The first-order valence-corrected chi connectivity index (χ1v) is 6.56. The van der Waals surface area contributed by atoms with Crippen molar-refractivity contribution in [3.63, 3.8) is 0 Å². The fourth-order valence-corrected chi connectivity index (χ4v) is 2.32. The Kier molecular flexibility index (Phi) is 7.06. The molecule has 0 atom stereocenters. The topological polar surface area (TPSA) is 29.1 Å². The highest BCUT2D eigenvalue weighted by molar-refractivity contribution is 7.99. The van der Waals surface area contributed by atoms with Crippen molar-refractivity contribution < 1.29 is 4.79 Å². The normalized spacial score (nSPS) is 11.4. The van der Waals surface area contributed by atoms with Crippen LogP contribution in [0.3, 0.4) is 0 Å². The number of hydrogen-bond acceptors (Lipinski definition) is 2. The average molecular weight is 217 g/mol. The second-order valence-electron chi connectivity index (χ2n) is 4.15. The van der Waals surface area contributed by atoms with E-state index >= 15 is 0 Å². The van der Waals surface area contributed by atoms with Crippen molar-refractivity contribution in [3.8, 4) is 0 Å². The van der Waals surface area contributed by atoms with Gasteiger partial charge in [-0.05, 0) is 19.1 Å². The molecule has 0 aliphatic rings. The van der Waals surface area contributed by atoms with E-state index in [1.54, 1.807) is 0 Å². The van der Waals surface area contributed by atoms with Crippen molar-refractivity contribution in [2.45, 2.75) is 40.5 Å². The van der Waals surface area contributed by atoms with Crippen LogP contribution < -0.4 is 5.32 Å². The number of nitrogens with one attached hydrogen (secondary N) is 1. The Labute approximate surface area is 92.2 Å². The molecule has 84 valence electrons. The van der Waals surface area contributed by atoms with Gasteiger partial charge >= 0.3 is 0 Å². The van der Waals surface area contributed by atoms with Crippen LogP contribution in [0.5, 0.6) is 0 Å². The quantitative estimate of drug-likeness (QED) is 0.664. The van der Waals surface area contributed by atoms with Crippen LogP contribution >= 0.6 is 11.8 Å². The van der Waals surface area contributed by atoms with E-state index in [4.69, 9.17) is 0 Å². The standard InChI is InChI=1S/C11H23NOS/c1-5-7-8-14-9-11(3,4)10(13)12-6-2/h5-9H2,1-4H3,(H,12,13). The molecule has 0 fully saturated rings. The summed E-state index contributed by atoms with van der Waals surface area (Å²) in [5, 5.41) is 2.87. The zero-order chi connectivity index (χ0) is 11.0. The van der Waals surface area contributed by atoms with Gasteiger partial charge in [0.25, 0.3) is 0 Å². The number of hydrogen-bond donors (Lipinski definition) is 1. The van der Waals surface area contributed by atoms with Crippen molar-refractivity contribution in [1.29, 1.82) is 0 Å². The van der Waals surface area contributed by atoms with Gasteiger partial charge in [0.2, 0.25) is 5.91 Å². The highest BCUT2D eigenvalue weighted by Gasteiger charge is 2.26. The lowest BCUT2D eigenvalue weighted by atomic mass is 9.95. The van der Waals surface area contributed by atoms with E-state index in [0.717, 1.165) is 12.3 Å². The number of thioether (sulfide) groups is 1. The number of amides is 1. The highest BCUT2D eigenvalue weighted by atomic mass is 32.2. The van der Waals surface area contributed by atoms with Gasteiger partial charge in [0.05, 0.1) is 5.41 Å². The second-order valence-corrected chi connectivity index (χ2v) is 5.25. The summed E-state index contributed by atoms with van der Waals surface area (Å²) in [7, 11) is 0. The van der Waals surface area contributed by atoms with Crippen LogP contribution in [0.25, 0.3) is 0 Å². The number of unbranched alkanes of at least 4 members (excludes halogenated alkanes) is 1. The lowest BCUT2D eigenvalue weighted by molar-refractivity contribution is -0.128. The average Bonchev–Trinajstić information content (AvgIpc) is 2.13. The van der Waals surface area contributed by atoms with Gasteiger partial charge in [0.15, 0.2) is 0 Å². The third-order valence-electron chi connectivity index (χ3n) is 2.06. The molecule has 14 heavy (non-hydrogen) atoms. The fourth-order valence-electron chi connectivity index (χ4n) is 1.04. The van der Waals surface area contributed by atoms with E-state index in [-0.39, 0.29) is 11.3 Å². The zero-order valence-electron chi connectivity index (χ0n) is 9.85. The van der Waals surface area contributed by atoms with Gasteiger partial charge in [-0.15, -0.1) is 0 Å². The maximum absolute atomic E-state index is 11.6. The van der Waals surface area contributed by atoms with E-state index in [1.165, 1.54) is 18.6 Å². The van der Waals surface area contributed by atoms with Crippen LogP contribution in [-0.2, 0) is 4.79 Å². The summed E-state index contributed by atoms with van der Waals surface area (Å²) in [5.41, 5.74) is -0.228. The molecule has 0 spiro atoms. The first kappa shape index (κ1) is 13.8. The third-order valence-corrected chi connectivity index (χ3v) is 3.56. The third kappa shape index (κ3) is 5.53. The monoisotopic (exact) mass is 217 g/mol. The first-order chi connectivity index (χ1) is 6.54. The molecule has 0 rings (SSSR count). The minimum absolute atomic E-state index is 0.170. The van der Waals surface area contributed by atoms with Crippen LogP contribution in [-0.4, -0.2) is 24.0 Å². The Morgan fingerprint density at radius 2 is 2.00 bits per heavy atom. The summed E-state index contributed by atoms with van der Waals surface area (Å²) in [6.45, 7) is 8.89. The fraction of sp³-hybridized carbons (Fsp3) is 0.909. The molecule has 0 saturated carbocycles. The highest BCUT2D eigenvalue weighted by Crippen LogP contribution is 2.22. The molecule has 0 radical (unpaired) electrons. The van der Waals surface area contributed by atoms with Crippen LogP contribution in [0.15, 0.2) is 0 Å². The Balaban J connectivity index is 3.76. The molecule has 0 bridgehead atoms. The van der Waals surface area contributed by atoms with Crippen LogP contribution in [0.4, 0.5) is 0 Å². The largest absolute Gasteiger partial charge is 0.356 e.